The number of rotatable bonds is 6. The lowest BCUT2D eigenvalue weighted by Gasteiger charge is -2.16. The number of imide groups is 1. The van der Waals surface area contributed by atoms with Crippen LogP contribution in [0.25, 0.3) is 0 Å². The van der Waals surface area contributed by atoms with Crippen molar-refractivity contribution in [3.05, 3.63) is 59.7 Å². The van der Waals surface area contributed by atoms with Gasteiger partial charge in [0.15, 0.2) is 11.9 Å². The third kappa shape index (κ3) is 4.43. The fourth-order valence-corrected chi connectivity index (χ4v) is 3.03. The smallest absolute Gasteiger partial charge is 0.338 e. The second kappa shape index (κ2) is 8.69. The molecule has 1 fully saturated rings. The van der Waals surface area contributed by atoms with E-state index in [1.165, 1.54) is 38.1 Å². The summed E-state index contributed by atoms with van der Waals surface area (Å²) in [6.07, 6.45) is -0.775. The van der Waals surface area contributed by atoms with Gasteiger partial charge in [0.25, 0.3) is 5.91 Å². The fraction of sp³-hybridized carbons (Fsp3) is 0.227. The number of carbonyl (C=O) groups excluding carboxylic acids is 5. The summed E-state index contributed by atoms with van der Waals surface area (Å²) in [4.78, 5) is 61.0. The van der Waals surface area contributed by atoms with E-state index in [0.29, 0.717) is 16.9 Å². The first-order valence-electron chi connectivity index (χ1n) is 9.35. The van der Waals surface area contributed by atoms with E-state index in [2.05, 4.69) is 5.32 Å². The van der Waals surface area contributed by atoms with Gasteiger partial charge in [-0.25, -0.2) is 4.79 Å². The molecular formula is C22H20N2O6. The lowest BCUT2D eigenvalue weighted by atomic mass is 10.1. The Hall–Kier alpha value is -3.81. The van der Waals surface area contributed by atoms with Crippen LogP contribution in [0.2, 0.25) is 0 Å². The quantitative estimate of drug-likeness (QED) is 0.447. The molecule has 0 aliphatic carbocycles. The first-order valence-corrected chi connectivity index (χ1v) is 9.35. The second-order valence-electron chi connectivity index (χ2n) is 6.81. The molecule has 0 aromatic heterocycles. The van der Waals surface area contributed by atoms with Crippen LogP contribution in [0.15, 0.2) is 48.5 Å². The van der Waals surface area contributed by atoms with Crippen LogP contribution in [-0.2, 0) is 19.1 Å². The maximum atomic E-state index is 12.4. The Morgan fingerprint density at radius 2 is 1.57 bits per heavy atom. The minimum absolute atomic E-state index is 0.168. The van der Waals surface area contributed by atoms with E-state index in [1.807, 2.05) is 0 Å². The van der Waals surface area contributed by atoms with Gasteiger partial charge in [0.1, 0.15) is 0 Å². The molecule has 1 aliphatic heterocycles. The molecule has 0 saturated carbocycles. The van der Waals surface area contributed by atoms with Crippen molar-refractivity contribution in [3.63, 3.8) is 0 Å². The summed E-state index contributed by atoms with van der Waals surface area (Å²) < 4.78 is 5.19. The lowest BCUT2D eigenvalue weighted by molar-refractivity contribution is -0.124. The van der Waals surface area contributed by atoms with Crippen molar-refractivity contribution in [2.24, 2.45) is 0 Å². The number of para-hydroxylation sites is 1. The minimum Gasteiger partial charge on any atom is -0.449 e. The molecule has 3 amide bonds. The van der Waals surface area contributed by atoms with Crippen LogP contribution in [0.1, 0.15) is 47.4 Å². The van der Waals surface area contributed by atoms with Crippen LogP contribution in [0, 0.1) is 0 Å². The van der Waals surface area contributed by atoms with Crippen LogP contribution < -0.4 is 10.2 Å². The Morgan fingerprint density at radius 1 is 0.967 bits per heavy atom. The number of anilines is 2. The summed E-state index contributed by atoms with van der Waals surface area (Å²) in [5, 5.41) is 2.59. The zero-order chi connectivity index (χ0) is 21.8. The number of Topliss-reactive ketones (excluding diaryl/α,β-unsaturated/α-hetero) is 1. The summed E-state index contributed by atoms with van der Waals surface area (Å²) in [5.41, 5.74) is 1.24. The average Bonchev–Trinajstić information content (AvgIpc) is 3.06. The zero-order valence-corrected chi connectivity index (χ0v) is 16.5. The van der Waals surface area contributed by atoms with Crippen molar-refractivity contribution in [1.82, 2.24) is 0 Å². The van der Waals surface area contributed by atoms with Crippen molar-refractivity contribution >= 4 is 40.8 Å². The Balaban J connectivity index is 1.64. The van der Waals surface area contributed by atoms with E-state index >= 15 is 0 Å². The van der Waals surface area contributed by atoms with Gasteiger partial charge in [-0.2, -0.15) is 0 Å². The Morgan fingerprint density at radius 3 is 2.17 bits per heavy atom. The predicted molar refractivity (Wildman–Crippen MR) is 108 cm³/mol. The van der Waals surface area contributed by atoms with Crippen molar-refractivity contribution < 1.29 is 28.7 Å². The monoisotopic (exact) mass is 408 g/mol. The van der Waals surface area contributed by atoms with Gasteiger partial charge in [0, 0.05) is 18.4 Å². The largest absolute Gasteiger partial charge is 0.449 e. The molecule has 30 heavy (non-hydrogen) atoms. The molecule has 0 spiro atoms. The van der Waals surface area contributed by atoms with Crippen molar-refractivity contribution in [3.8, 4) is 0 Å². The van der Waals surface area contributed by atoms with E-state index in [1.54, 1.807) is 24.3 Å². The van der Waals surface area contributed by atoms with Crippen LogP contribution in [0.4, 0.5) is 11.4 Å². The predicted octanol–water partition coefficient (Wildman–Crippen LogP) is 2.73. The molecule has 0 radical (unpaired) electrons. The highest BCUT2D eigenvalue weighted by molar-refractivity contribution is 6.19. The second-order valence-corrected chi connectivity index (χ2v) is 6.81. The molecular weight excluding hydrogens is 388 g/mol. The number of nitrogens with zero attached hydrogens (tertiary/aromatic N) is 1. The molecule has 0 bridgehead atoms. The van der Waals surface area contributed by atoms with Gasteiger partial charge < -0.3 is 10.1 Å². The Bertz CT molecular complexity index is 1010. The standard InChI is InChI=1S/C22H20N2O6/c1-13(25)17-5-3-4-6-18(17)23-21(28)14(2)30-22(29)15-7-9-16(10-8-15)24-19(26)11-12-20(24)27/h3-10,14H,11-12H2,1-2H3,(H,23,28)/t14-/m0/s1. The number of nitrogens with one attached hydrogen (secondary N) is 1. The van der Waals surface area contributed by atoms with Gasteiger partial charge in [0.05, 0.1) is 16.9 Å². The highest BCUT2D eigenvalue weighted by atomic mass is 16.5. The first-order chi connectivity index (χ1) is 14.3. The third-order valence-electron chi connectivity index (χ3n) is 4.63. The van der Waals surface area contributed by atoms with Gasteiger partial charge >= 0.3 is 5.97 Å². The number of amides is 3. The first kappa shape index (κ1) is 20.9. The van der Waals surface area contributed by atoms with E-state index < -0.39 is 18.0 Å². The molecule has 8 heteroatoms. The summed E-state index contributed by atoms with van der Waals surface area (Å²) in [7, 11) is 0. The molecule has 3 rings (SSSR count). The van der Waals surface area contributed by atoms with Crippen molar-refractivity contribution in [1.29, 1.82) is 0 Å². The fourth-order valence-electron chi connectivity index (χ4n) is 3.03. The van der Waals surface area contributed by atoms with Crippen LogP contribution in [0.3, 0.4) is 0 Å². The van der Waals surface area contributed by atoms with E-state index in [-0.39, 0.29) is 36.0 Å². The van der Waals surface area contributed by atoms with Gasteiger partial charge in [-0.1, -0.05) is 12.1 Å². The normalized spacial score (nSPS) is 14.4. The molecule has 154 valence electrons. The van der Waals surface area contributed by atoms with Crippen LogP contribution >= 0.6 is 0 Å². The van der Waals surface area contributed by atoms with E-state index in [4.69, 9.17) is 4.74 Å². The Labute approximate surface area is 172 Å². The third-order valence-corrected chi connectivity index (χ3v) is 4.63. The number of hydrogen-bond acceptors (Lipinski definition) is 6. The van der Waals surface area contributed by atoms with Gasteiger partial charge in [0.2, 0.25) is 11.8 Å². The SMILES string of the molecule is CC(=O)c1ccccc1NC(=O)[C@H](C)OC(=O)c1ccc(N2C(=O)CCC2=O)cc1. The van der Waals surface area contributed by atoms with Gasteiger partial charge in [-0.05, 0) is 50.2 Å². The highest BCUT2D eigenvalue weighted by Crippen LogP contribution is 2.23. The van der Waals surface area contributed by atoms with Crippen molar-refractivity contribution in [2.75, 3.05) is 10.2 Å². The molecule has 1 N–H and O–H groups in total. The topological polar surface area (TPSA) is 110 Å². The molecule has 1 heterocycles. The van der Waals surface area contributed by atoms with Gasteiger partial charge in [-0.3, -0.25) is 24.1 Å². The zero-order valence-electron chi connectivity index (χ0n) is 16.5. The maximum Gasteiger partial charge on any atom is 0.338 e. The van der Waals surface area contributed by atoms with E-state index in [9.17, 15) is 24.0 Å². The Kier molecular flexibility index (Phi) is 6.06. The summed E-state index contributed by atoms with van der Waals surface area (Å²) in [6, 6.07) is 12.3. The maximum absolute atomic E-state index is 12.4. The molecule has 1 atom stereocenters. The number of ketones is 1. The minimum atomic E-state index is -1.11. The molecule has 2 aromatic carbocycles. The summed E-state index contributed by atoms with van der Waals surface area (Å²) in [5.74, 6) is -2.09. The number of benzene rings is 2. The molecule has 1 aliphatic rings. The van der Waals surface area contributed by atoms with Crippen molar-refractivity contribution in [2.45, 2.75) is 32.8 Å². The van der Waals surface area contributed by atoms with Crippen LogP contribution in [-0.4, -0.2) is 35.6 Å². The molecule has 0 unspecified atom stereocenters. The van der Waals surface area contributed by atoms with E-state index in [0.717, 1.165) is 4.90 Å². The average molecular weight is 408 g/mol. The molecule has 2 aromatic rings. The molecule has 1 saturated heterocycles. The number of hydrogen-bond donors (Lipinski definition) is 1. The summed E-state index contributed by atoms with van der Waals surface area (Å²) in [6.45, 7) is 2.81. The number of carbonyl (C=O) groups is 5. The number of ether oxygens (including phenoxy) is 1. The highest BCUT2D eigenvalue weighted by Gasteiger charge is 2.30. The number of esters is 1. The lowest BCUT2D eigenvalue weighted by Crippen LogP contribution is -2.30. The summed E-state index contributed by atoms with van der Waals surface area (Å²) >= 11 is 0. The van der Waals surface area contributed by atoms with Crippen LogP contribution in [0.5, 0.6) is 0 Å². The molecule has 8 nitrogen and oxygen atoms in total. The van der Waals surface area contributed by atoms with Gasteiger partial charge in [-0.15, -0.1) is 0 Å².